The highest BCUT2D eigenvalue weighted by Crippen LogP contribution is 2.21. The fourth-order valence-electron chi connectivity index (χ4n) is 2.71. The van der Waals surface area contributed by atoms with Crippen molar-refractivity contribution in [3.63, 3.8) is 0 Å². The van der Waals surface area contributed by atoms with Crippen molar-refractivity contribution in [2.24, 2.45) is 5.84 Å². The number of sulfonamides is 1. The Kier molecular flexibility index (Phi) is 6.07. The van der Waals surface area contributed by atoms with E-state index < -0.39 is 15.9 Å². The fourth-order valence-corrected chi connectivity index (χ4v) is 4.16. The molecule has 0 bridgehead atoms. The summed E-state index contributed by atoms with van der Waals surface area (Å²) in [4.78, 5) is 15.5. The van der Waals surface area contributed by atoms with E-state index in [1.54, 1.807) is 71.8 Å². The first-order valence-electron chi connectivity index (χ1n) is 8.61. The number of rotatable bonds is 8. The Bertz CT molecular complexity index is 1000. The molecule has 0 aliphatic carbocycles. The molecule has 1 amide bonds. The minimum absolute atomic E-state index is 0.0636. The quantitative estimate of drug-likeness (QED) is 0.339. The van der Waals surface area contributed by atoms with Crippen molar-refractivity contribution in [1.82, 2.24) is 15.0 Å². The molecule has 3 aromatic rings. The Labute approximate surface area is 163 Å². The van der Waals surface area contributed by atoms with Gasteiger partial charge in [0, 0.05) is 24.5 Å². The lowest BCUT2D eigenvalue weighted by atomic mass is 10.1. The minimum Gasteiger partial charge on any atom is -0.336 e. The number of nitrogens with one attached hydrogen (secondary N) is 1. The van der Waals surface area contributed by atoms with E-state index in [1.165, 1.54) is 4.31 Å². The summed E-state index contributed by atoms with van der Waals surface area (Å²) < 4.78 is 29.2. The van der Waals surface area contributed by atoms with Crippen LogP contribution in [0.15, 0.2) is 73.3 Å². The minimum atomic E-state index is -3.60. The van der Waals surface area contributed by atoms with Gasteiger partial charge < -0.3 is 4.57 Å². The number of carbonyl (C=O) groups is 1. The van der Waals surface area contributed by atoms with Crippen molar-refractivity contribution in [1.29, 1.82) is 0 Å². The molecule has 0 fully saturated rings. The highest BCUT2D eigenvalue weighted by molar-refractivity contribution is 7.92. The van der Waals surface area contributed by atoms with Gasteiger partial charge in [-0.15, -0.1) is 0 Å². The number of anilines is 1. The molecule has 146 valence electrons. The normalized spacial score (nSPS) is 11.2. The Morgan fingerprint density at radius 2 is 1.82 bits per heavy atom. The van der Waals surface area contributed by atoms with Crippen LogP contribution in [0.5, 0.6) is 0 Å². The standard InChI is InChI=1S/C19H21N5O3S/c20-22-19(25)17-8-6-16(7-9-17)14-24(18-4-2-1-3-5-18)28(26,27)13-12-23-11-10-21-15-23/h1-11,15H,12-14,20H2,(H,22,25). The number of nitrogens with two attached hydrogens (primary N) is 1. The summed E-state index contributed by atoms with van der Waals surface area (Å²) in [5, 5.41) is 0. The lowest BCUT2D eigenvalue weighted by molar-refractivity contribution is 0.0953. The van der Waals surface area contributed by atoms with E-state index in [1.807, 2.05) is 6.07 Å². The van der Waals surface area contributed by atoms with Gasteiger partial charge in [0.1, 0.15) is 0 Å². The van der Waals surface area contributed by atoms with Crippen LogP contribution in [0.3, 0.4) is 0 Å². The Morgan fingerprint density at radius 1 is 1.11 bits per heavy atom. The van der Waals surface area contributed by atoms with Crippen molar-refractivity contribution in [3.05, 3.63) is 84.4 Å². The van der Waals surface area contributed by atoms with Gasteiger partial charge in [0.25, 0.3) is 5.91 Å². The summed E-state index contributed by atoms with van der Waals surface area (Å²) in [7, 11) is -3.60. The number of amides is 1. The van der Waals surface area contributed by atoms with E-state index in [4.69, 9.17) is 5.84 Å². The van der Waals surface area contributed by atoms with Gasteiger partial charge in [-0.25, -0.2) is 19.2 Å². The van der Waals surface area contributed by atoms with Crippen molar-refractivity contribution >= 4 is 21.6 Å². The average Bonchev–Trinajstić information content (AvgIpc) is 3.25. The number of benzene rings is 2. The van der Waals surface area contributed by atoms with E-state index in [0.29, 0.717) is 17.8 Å². The number of para-hydroxylation sites is 1. The van der Waals surface area contributed by atoms with Gasteiger partial charge in [0.2, 0.25) is 10.0 Å². The van der Waals surface area contributed by atoms with E-state index in [9.17, 15) is 13.2 Å². The first-order valence-corrected chi connectivity index (χ1v) is 10.2. The van der Waals surface area contributed by atoms with Crippen LogP contribution in [0.1, 0.15) is 15.9 Å². The summed E-state index contributed by atoms with van der Waals surface area (Å²) in [5.41, 5.74) is 3.81. The van der Waals surface area contributed by atoms with Gasteiger partial charge in [-0.2, -0.15) is 0 Å². The van der Waals surface area contributed by atoms with Gasteiger partial charge in [-0.05, 0) is 29.8 Å². The zero-order chi connectivity index (χ0) is 20.0. The molecule has 0 spiro atoms. The lowest BCUT2D eigenvalue weighted by Crippen LogP contribution is -2.34. The SMILES string of the molecule is NNC(=O)c1ccc(CN(c2ccccc2)S(=O)(=O)CCn2ccnc2)cc1. The molecule has 3 rings (SSSR count). The number of carbonyl (C=O) groups excluding carboxylic acids is 1. The molecular weight excluding hydrogens is 378 g/mol. The lowest BCUT2D eigenvalue weighted by Gasteiger charge is -2.25. The third kappa shape index (κ3) is 4.76. The van der Waals surface area contributed by atoms with Gasteiger partial charge in [-0.3, -0.25) is 14.5 Å². The van der Waals surface area contributed by atoms with Gasteiger partial charge in [-0.1, -0.05) is 30.3 Å². The second-order valence-electron chi connectivity index (χ2n) is 6.13. The Balaban J connectivity index is 1.84. The van der Waals surface area contributed by atoms with Crippen LogP contribution in [0.4, 0.5) is 5.69 Å². The second-order valence-corrected chi connectivity index (χ2v) is 8.14. The number of aromatic nitrogens is 2. The molecule has 2 aromatic carbocycles. The fraction of sp³-hybridized carbons (Fsp3) is 0.158. The molecule has 0 atom stereocenters. The molecule has 8 nitrogen and oxygen atoms in total. The molecule has 0 unspecified atom stereocenters. The number of hydrazine groups is 1. The Hall–Kier alpha value is -3.17. The average molecular weight is 399 g/mol. The summed E-state index contributed by atoms with van der Waals surface area (Å²) in [6.07, 6.45) is 4.92. The number of hydrogen-bond acceptors (Lipinski definition) is 5. The number of aryl methyl sites for hydroxylation is 1. The second kappa shape index (κ2) is 8.68. The van der Waals surface area contributed by atoms with Crippen molar-refractivity contribution in [2.45, 2.75) is 13.1 Å². The third-order valence-electron chi connectivity index (χ3n) is 4.22. The highest BCUT2D eigenvalue weighted by atomic mass is 32.2. The zero-order valence-corrected chi connectivity index (χ0v) is 15.9. The molecule has 1 heterocycles. The van der Waals surface area contributed by atoms with E-state index in [2.05, 4.69) is 10.4 Å². The first-order chi connectivity index (χ1) is 13.5. The van der Waals surface area contributed by atoms with Crippen LogP contribution in [0.2, 0.25) is 0 Å². The monoisotopic (exact) mass is 399 g/mol. The summed E-state index contributed by atoms with van der Waals surface area (Å²) in [5.74, 6) is 4.67. The molecular formula is C19H21N5O3S. The number of imidazole rings is 1. The van der Waals surface area contributed by atoms with Crippen molar-refractivity contribution in [3.8, 4) is 0 Å². The number of hydrogen-bond donors (Lipinski definition) is 2. The molecule has 0 radical (unpaired) electrons. The summed E-state index contributed by atoms with van der Waals surface area (Å²) in [6.45, 7) is 0.460. The molecule has 0 aliphatic heterocycles. The van der Waals surface area contributed by atoms with E-state index >= 15 is 0 Å². The third-order valence-corrected chi connectivity index (χ3v) is 5.93. The maximum atomic E-state index is 13.1. The molecule has 1 aromatic heterocycles. The predicted octanol–water partition coefficient (Wildman–Crippen LogP) is 1.52. The van der Waals surface area contributed by atoms with Crippen LogP contribution in [-0.2, 0) is 23.1 Å². The molecule has 3 N–H and O–H groups in total. The van der Waals surface area contributed by atoms with Gasteiger partial charge in [0.15, 0.2) is 0 Å². The van der Waals surface area contributed by atoms with E-state index in [0.717, 1.165) is 5.56 Å². The van der Waals surface area contributed by atoms with Crippen LogP contribution in [0.25, 0.3) is 0 Å². The topological polar surface area (TPSA) is 110 Å². The molecule has 0 aliphatic rings. The molecule has 0 saturated carbocycles. The van der Waals surface area contributed by atoms with Gasteiger partial charge in [0.05, 0.1) is 24.3 Å². The number of nitrogen functional groups attached to an aromatic ring is 1. The van der Waals surface area contributed by atoms with Gasteiger partial charge >= 0.3 is 0 Å². The molecule has 28 heavy (non-hydrogen) atoms. The first kappa shape index (κ1) is 19.6. The maximum absolute atomic E-state index is 13.1. The van der Waals surface area contributed by atoms with Crippen molar-refractivity contribution < 1.29 is 13.2 Å². The maximum Gasteiger partial charge on any atom is 0.265 e. The summed E-state index contributed by atoms with van der Waals surface area (Å²) in [6, 6.07) is 15.6. The predicted molar refractivity (Wildman–Crippen MR) is 107 cm³/mol. The molecule has 0 saturated heterocycles. The van der Waals surface area contributed by atoms with Crippen LogP contribution < -0.4 is 15.6 Å². The van der Waals surface area contributed by atoms with E-state index in [-0.39, 0.29) is 12.3 Å². The van der Waals surface area contributed by atoms with Crippen LogP contribution in [-0.4, -0.2) is 29.6 Å². The highest BCUT2D eigenvalue weighted by Gasteiger charge is 2.23. The molecule has 9 heteroatoms. The Morgan fingerprint density at radius 3 is 2.43 bits per heavy atom. The van der Waals surface area contributed by atoms with Crippen LogP contribution >= 0.6 is 0 Å². The summed E-state index contributed by atoms with van der Waals surface area (Å²) >= 11 is 0. The smallest absolute Gasteiger partial charge is 0.265 e. The van der Waals surface area contributed by atoms with Crippen LogP contribution in [0, 0.1) is 0 Å². The largest absolute Gasteiger partial charge is 0.336 e. The zero-order valence-electron chi connectivity index (χ0n) is 15.1. The number of nitrogens with zero attached hydrogens (tertiary/aromatic N) is 3. The van der Waals surface area contributed by atoms with Crippen molar-refractivity contribution in [2.75, 3.05) is 10.1 Å².